The van der Waals surface area contributed by atoms with Crippen LogP contribution in [0.1, 0.15) is 19.8 Å². The minimum atomic E-state index is -0.675. The molecule has 1 aliphatic rings. The molecule has 0 spiro atoms. The molecule has 7 heteroatoms. The number of amides is 4. The quantitative estimate of drug-likeness (QED) is 0.400. The maximum absolute atomic E-state index is 12.2. The average Bonchev–Trinajstić information content (AvgIpc) is 2.67. The first-order valence-electron chi connectivity index (χ1n) is 6.21. The van der Waals surface area contributed by atoms with Crippen LogP contribution < -0.4 is 5.32 Å². The number of aliphatic hydroxyl groups excluding tert-OH is 1. The van der Waals surface area contributed by atoms with Gasteiger partial charge in [-0.15, -0.1) is 0 Å². The van der Waals surface area contributed by atoms with Crippen LogP contribution in [0, 0.1) is 0 Å². The van der Waals surface area contributed by atoms with Gasteiger partial charge in [0.1, 0.15) is 5.76 Å². The molecule has 1 aliphatic heterocycles. The van der Waals surface area contributed by atoms with E-state index in [9.17, 15) is 24.3 Å². The summed E-state index contributed by atoms with van der Waals surface area (Å²) >= 11 is 0. The fraction of sp³-hybridized carbons (Fsp3) is 0.286. The molecule has 0 aromatic heterocycles. The molecule has 1 rings (SSSR count). The van der Waals surface area contributed by atoms with Crippen LogP contribution in [-0.2, 0) is 19.2 Å². The van der Waals surface area contributed by atoms with Crippen molar-refractivity contribution in [2.75, 3.05) is 0 Å². The fourth-order valence-electron chi connectivity index (χ4n) is 2.04. The third kappa shape index (κ3) is 3.25. The lowest BCUT2D eigenvalue weighted by molar-refractivity contribution is -0.140. The Kier molecular flexibility index (Phi) is 5.18. The van der Waals surface area contributed by atoms with Gasteiger partial charge in [0, 0.05) is 12.5 Å². The number of carbonyl (C=O) groups excluding carboxylic acids is 4. The Balaban J connectivity index is 2.87. The number of nitrogens with one attached hydrogen (secondary N) is 1. The lowest BCUT2D eigenvalue weighted by atomic mass is 10.1. The molecule has 1 heterocycles. The van der Waals surface area contributed by atoms with Crippen molar-refractivity contribution in [1.82, 2.24) is 10.2 Å². The van der Waals surface area contributed by atoms with E-state index in [1.54, 1.807) is 6.92 Å². The Hall–Kier alpha value is -2.70. The minimum Gasteiger partial charge on any atom is -0.508 e. The monoisotopic (exact) mass is 292 g/mol. The summed E-state index contributed by atoms with van der Waals surface area (Å²) in [6, 6.07) is -0.575. The van der Waals surface area contributed by atoms with Gasteiger partial charge in [0.15, 0.2) is 0 Å². The molecule has 0 aliphatic carbocycles. The minimum absolute atomic E-state index is 0.0170. The van der Waals surface area contributed by atoms with Crippen molar-refractivity contribution < 1.29 is 24.3 Å². The highest BCUT2D eigenvalue weighted by Crippen LogP contribution is 2.28. The molecule has 0 radical (unpaired) electrons. The second-order valence-electron chi connectivity index (χ2n) is 4.49. The number of hydrogen-bond acceptors (Lipinski definition) is 5. The molecule has 21 heavy (non-hydrogen) atoms. The summed E-state index contributed by atoms with van der Waals surface area (Å²) in [6.07, 6.45) is 1.62. The number of carbonyl (C=O) groups is 4. The summed E-state index contributed by atoms with van der Waals surface area (Å²) in [5, 5.41) is 11.4. The maximum atomic E-state index is 12.2. The smallest absolute Gasteiger partial charge is 0.265 e. The highest BCUT2D eigenvalue weighted by atomic mass is 16.3. The topological polar surface area (TPSA) is 104 Å². The first kappa shape index (κ1) is 16.4. The van der Waals surface area contributed by atoms with Gasteiger partial charge in [-0.3, -0.25) is 29.4 Å². The van der Waals surface area contributed by atoms with Gasteiger partial charge in [-0.1, -0.05) is 19.2 Å². The molecule has 0 saturated carbocycles. The molecule has 112 valence electrons. The Morgan fingerprint density at radius 1 is 1.43 bits per heavy atom. The molecule has 0 aromatic rings. The van der Waals surface area contributed by atoms with Gasteiger partial charge >= 0.3 is 0 Å². The zero-order valence-corrected chi connectivity index (χ0v) is 11.6. The van der Waals surface area contributed by atoms with Crippen LogP contribution in [0.5, 0.6) is 0 Å². The van der Waals surface area contributed by atoms with Gasteiger partial charge in [0.05, 0.1) is 11.1 Å². The predicted octanol–water partition coefficient (Wildman–Crippen LogP) is 0.351. The van der Waals surface area contributed by atoms with Crippen LogP contribution in [0.2, 0.25) is 0 Å². The zero-order chi connectivity index (χ0) is 16.2. The van der Waals surface area contributed by atoms with Gasteiger partial charge in [-0.2, -0.15) is 0 Å². The molecular formula is C14H16N2O5. The van der Waals surface area contributed by atoms with E-state index < -0.39 is 29.5 Å². The summed E-state index contributed by atoms with van der Waals surface area (Å²) in [7, 11) is 0. The molecule has 0 fully saturated rings. The maximum Gasteiger partial charge on any atom is 0.265 e. The van der Waals surface area contributed by atoms with E-state index >= 15 is 0 Å². The lowest BCUT2D eigenvalue weighted by Gasteiger charge is -2.22. The second-order valence-corrected chi connectivity index (χ2v) is 4.49. The highest BCUT2D eigenvalue weighted by Gasteiger charge is 2.40. The molecule has 2 N–H and O–H groups in total. The van der Waals surface area contributed by atoms with Crippen LogP contribution in [0.15, 0.2) is 36.1 Å². The van der Waals surface area contributed by atoms with Crippen LogP contribution in [0.3, 0.4) is 0 Å². The number of imide groups is 2. The molecule has 4 amide bonds. The van der Waals surface area contributed by atoms with E-state index in [-0.39, 0.29) is 30.4 Å². The molecule has 0 bridgehead atoms. The summed E-state index contributed by atoms with van der Waals surface area (Å²) < 4.78 is 0. The number of aliphatic hydroxyl groups is 1. The zero-order valence-electron chi connectivity index (χ0n) is 11.6. The number of rotatable bonds is 7. The first-order valence-corrected chi connectivity index (χ1v) is 6.21. The van der Waals surface area contributed by atoms with Crippen molar-refractivity contribution in [2.45, 2.75) is 25.8 Å². The predicted molar refractivity (Wildman–Crippen MR) is 73.7 cm³/mol. The largest absolute Gasteiger partial charge is 0.508 e. The Bertz CT molecular complexity index is 562. The Morgan fingerprint density at radius 3 is 2.48 bits per heavy atom. The third-order valence-corrected chi connectivity index (χ3v) is 3.09. The van der Waals surface area contributed by atoms with Crippen molar-refractivity contribution in [2.24, 2.45) is 0 Å². The van der Waals surface area contributed by atoms with Gasteiger partial charge in [0.2, 0.25) is 12.3 Å². The van der Waals surface area contributed by atoms with Crippen LogP contribution in [0.25, 0.3) is 0 Å². The fourth-order valence-corrected chi connectivity index (χ4v) is 2.04. The van der Waals surface area contributed by atoms with Crippen molar-refractivity contribution in [1.29, 1.82) is 0 Å². The summed E-state index contributed by atoms with van der Waals surface area (Å²) in [5.74, 6) is -2.27. The Morgan fingerprint density at radius 2 is 2.05 bits per heavy atom. The Labute approximate surface area is 121 Å². The summed E-state index contributed by atoms with van der Waals surface area (Å²) in [4.78, 5) is 46.6. The molecule has 1 unspecified atom stereocenters. The molecular weight excluding hydrogens is 276 g/mol. The lowest BCUT2D eigenvalue weighted by Crippen LogP contribution is -2.40. The molecule has 1 atom stereocenters. The summed E-state index contributed by atoms with van der Waals surface area (Å²) in [6.45, 7) is 8.29. The SMILES string of the molecule is C=CC1=C(C(=C)O)C(=O)N(C(C)CCC(=O)NC=O)C1=O. The van der Waals surface area contributed by atoms with Gasteiger partial charge in [-0.25, -0.2) is 0 Å². The van der Waals surface area contributed by atoms with Gasteiger partial charge in [0.25, 0.3) is 11.8 Å². The molecule has 7 nitrogen and oxygen atoms in total. The van der Waals surface area contributed by atoms with Crippen LogP contribution in [0.4, 0.5) is 0 Å². The van der Waals surface area contributed by atoms with E-state index in [4.69, 9.17) is 0 Å². The van der Waals surface area contributed by atoms with Crippen molar-refractivity contribution in [3.05, 3.63) is 36.1 Å². The average molecular weight is 292 g/mol. The third-order valence-electron chi connectivity index (χ3n) is 3.09. The second kappa shape index (κ2) is 6.65. The van der Waals surface area contributed by atoms with E-state index in [2.05, 4.69) is 13.2 Å². The van der Waals surface area contributed by atoms with Crippen LogP contribution >= 0.6 is 0 Å². The van der Waals surface area contributed by atoms with Crippen molar-refractivity contribution in [3.8, 4) is 0 Å². The number of hydrogen-bond donors (Lipinski definition) is 2. The standard InChI is InChI=1S/C14H16N2O5/c1-4-10-12(9(3)18)14(21)16(13(10)20)8(2)5-6-11(19)15-7-17/h4,7-8,18H,1,3,5-6H2,2H3,(H,15,17,19). The van der Waals surface area contributed by atoms with E-state index in [1.165, 1.54) is 6.08 Å². The van der Waals surface area contributed by atoms with Crippen LogP contribution in [-0.4, -0.2) is 40.2 Å². The van der Waals surface area contributed by atoms with E-state index in [1.807, 2.05) is 5.32 Å². The van der Waals surface area contributed by atoms with E-state index in [0.717, 1.165) is 4.90 Å². The molecule has 0 saturated heterocycles. The summed E-state index contributed by atoms with van der Waals surface area (Å²) in [5.41, 5.74) is -0.198. The van der Waals surface area contributed by atoms with Crippen molar-refractivity contribution in [3.63, 3.8) is 0 Å². The number of nitrogens with zero attached hydrogens (tertiary/aromatic N) is 1. The highest BCUT2D eigenvalue weighted by molar-refractivity contribution is 6.22. The first-order chi connectivity index (χ1) is 9.84. The van der Waals surface area contributed by atoms with Crippen molar-refractivity contribution >= 4 is 24.1 Å². The van der Waals surface area contributed by atoms with Gasteiger partial charge in [-0.05, 0) is 13.3 Å². The van der Waals surface area contributed by atoms with Gasteiger partial charge < -0.3 is 5.11 Å². The van der Waals surface area contributed by atoms with E-state index in [0.29, 0.717) is 0 Å². The normalized spacial score (nSPS) is 16.0. The molecule has 0 aromatic carbocycles.